The molecule has 0 radical (unpaired) electrons. The molecule has 3 rings (SSSR count). The van der Waals surface area contributed by atoms with E-state index in [-0.39, 0.29) is 18.1 Å². The molecule has 0 saturated carbocycles. The van der Waals surface area contributed by atoms with Crippen LogP contribution in [0.15, 0.2) is 77.9 Å². The number of aromatic hydroxyl groups is 1. The highest BCUT2D eigenvalue weighted by Gasteiger charge is 2.10. The predicted octanol–water partition coefficient (Wildman–Crippen LogP) is 3.67. The number of nitrogens with one attached hydrogen (secondary N) is 1. The second-order valence-corrected chi connectivity index (χ2v) is 6.29. The standard InChI is InChI=1S/C23H22N2O4/c1-28-21-9-5-8-19(23(21)29-16-18-6-3-2-4-7-18)15-24-25-22(27)14-17-10-12-20(26)13-11-17/h2-13,15,26H,14,16H2,1H3,(H,25,27)/b24-15-. The highest BCUT2D eigenvalue weighted by Crippen LogP contribution is 2.30. The number of rotatable bonds is 8. The van der Waals surface area contributed by atoms with E-state index in [1.807, 2.05) is 42.5 Å². The summed E-state index contributed by atoms with van der Waals surface area (Å²) in [4.78, 5) is 12.1. The van der Waals surface area contributed by atoms with E-state index in [0.717, 1.165) is 11.1 Å². The summed E-state index contributed by atoms with van der Waals surface area (Å²) in [6, 6.07) is 21.7. The number of phenols is 1. The number of hydrazone groups is 1. The van der Waals surface area contributed by atoms with Crippen LogP contribution in [-0.4, -0.2) is 24.3 Å². The van der Waals surface area contributed by atoms with E-state index in [1.165, 1.54) is 6.21 Å². The Morgan fingerprint density at radius 1 is 1.00 bits per heavy atom. The van der Waals surface area contributed by atoms with Crippen LogP contribution in [-0.2, 0) is 17.8 Å². The Hall–Kier alpha value is -3.80. The fourth-order valence-electron chi connectivity index (χ4n) is 2.69. The third-order valence-corrected chi connectivity index (χ3v) is 4.15. The third kappa shape index (κ3) is 5.84. The third-order valence-electron chi connectivity index (χ3n) is 4.15. The first kappa shape index (κ1) is 19.9. The molecule has 0 bridgehead atoms. The molecule has 0 fully saturated rings. The zero-order valence-corrected chi connectivity index (χ0v) is 16.0. The molecule has 6 nitrogen and oxygen atoms in total. The minimum absolute atomic E-state index is 0.160. The van der Waals surface area contributed by atoms with Crippen molar-refractivity contribution in [3.05, 3.63) is 89.5 Å². The molecule has 0 aliphatic rings. The van der Waals surface area contributed by atoms with Gasteiger partial charge in [0.05, 0.1) is 19.7 Å². The van der Waals surface area contributed by atoms with Crippen LogP contribution in [0.25, 0.3) is 0 Å². The van der Waals surface area contributed by atoms with Crippen LogP contribution in [0.1, 0.15) is 16.7 Å². The molecule has 0 aliphatic heterocycles. The summed E-state index contributed by atoms with van der Waals surface area (Å²) >= 11 is 0. The second-order valence-electron chi connectivity index (χ2n) is 6.29. The first-order valence-electron chi connectivity index (χ1n) is 9.09. The first-order valence-corrected chi connectivity index (χ1v) is 9.09. The molecule has 0 atom stereocenters. The maximum atomic E-state index is 12.1. The maximum absolute atomic E-state index is 12.1. The number of benzene rings is 3. The quantitative estimate of drug-likeness (QED) is 0.454. The Morgan fingerprint density at radius 2 is 1.76 bits per heavy atom. The number of carbonyl (C=O) groups excluding carboxylic acids is 1. The number of methoxy groups -OCH3 is 1. The topological polar surface area (TPSA) is 80.2 Å². The van der Waals surface area contributed by atoms with Crippen molar-refractivity contribution in [3.63, 3.8) is 0 Å². The Bertz CT molecular complexity index is 970. The highest BCUT2D eigenvalue weighted by atomic mass is 16.5. The van der Waals surface area contributed by atoms with Crippen molar-refractivity contribution in [3.8, 4) is 17.2 Å². The van der Waals surface area contributed by atoms with Crippen LogP contribution >= 0.6 is 0 Å². The summed E-state index contributed by atoms with van der Waals surface area (Å²) in [5.41, 5.74) is 5.00. The lowest BCUT2D eigenvalue weighted by Crippen LogP contribution is -2.19. The molecule has 0 aliphatic carbocycles. The van der Waals surface area contributed by atoms with Crippen molar-refractivity contribution in [2.75, 3.05) is 7.11 Å². The number of hydrogen-bond acceptors (Lipinski definition) is 5. The first-order chi connectivity index (χ1) is 14.2. The van der Waals surface area contributed by atoms with Crippen LogP contribution in [0.3, 0.4) is 0 Å². The summed E-state index contributed by atoms with van der Waals surface area (Å²) in [5, 5.41) is 13.3. The zero-order chi connectivity index (χ0) is 20.5. The lowest BCUT2D eigenvalue weighted by atomic mass is 10.1. The number of phenolic OH excluding ortho intramolecular Hbond substituents is 1. The van der Waals surface area contributed by atoms with Crippen LogP contribution in [0.4, 0.5) is 0 Å². The lowest BCUT2D eigenvalue weighted by molar-refractivity contribution is -0.120. The van der Waals surface area contributed by atoms with Gasteiger partial charge in [-0.3, -0.25) is 4.79 Å². The lowest BCUT2D eigenvalue weighted by Gasteiger charge is -2.13. The Kier molecular flexibility index (Phi) is 6.84. The maximum Gasteiger partial charge on any atom is 0.244 e. The fraction of sp³-hybridized carbons (Fsp3) is 0.130. The van der Waals surface area contributed by atoms with Gasteiger partial charge in [-0.25, -0.2) is 5.43 Å². The summed E-state index contributed by atoms with van der Waals surface area (Å²) < 4.78 is 11.4. The van der Waals surface area contributed by atoms with Crippen molar-refractivity contribution >= 4 is 12.1 Å². The van der Waals surface area contributed by atoms with Crippen molar-refractivity contribution in [2.24, 2.45) is 5.10 Å². The van der Waals surface area contributed by atoms with Crippen LogP contribution < -0.4 is 14.9 Å². The number of amides is 1. The van der Waals surface area contributed by atoms with E-state index >= 15 is 0 Å². The van der Waals surface area contributed by atoms with E-state index in [9.17, 15) is 9.90 Å². The number of carbonyl (C=O) groups is 1. The van der Waals surface area contributed by atoms with Gasteiger partial charge < -0.3 is 14.6 Å². The summed E-state index contributed by atoms with van der Waals surface area (Å²) in [5.74, 6) is 1.03. The largest absolute Gasteiger partial charge is 0.508 e. The SMILES string of the molecule is COc1cccc(/C=N\NC(=O)Cc2ccc(O)cc2)c1OCc1ccccc1. The van der Waals surface area contributed by atoms with Crippen molar-refractivity contribution in [1.82, 2.24) is 5.43 Å². The van der Waals surface area contributed by atoms with E-state index < -0.39 is 0 Å². The molecular weight excluding hydrogens is 368 g/mol. The smallest absolute Gasteiger partial charge is 0.244 e. The number of hydrogen-bond donors (Lipinski definition) is 2. The van der Waals surface area contributed by atoms with Crippen molar-refractivity contribution in [2.45, 2.75) is 13.0 Å². The van der Waals surface area contributed by atoms with Crippen molar-refractivity contribution in [1.29, 1.82) is 0 Å². The van der Waals surface area contributed by atoms with Gasteiger partial charge >= 0.3 is 0 Å². The Labute approximate surface area is 169 Å². The van der Waals surface area contributed by atoms with Crippen LogP contribution in [0.5, 0.6) is 17.2 Å². The highest BCUT2D eigenvalue weighted by molar-refractivity contribution is 5.86. The van der Waals surface area contributed by atoms with E-state index in [1.54, 1.807) is 37.4 Å². The normalized spacial score (nSPS) is 10.7. The van der Waals surface area contributed by atoms with Gasteiger partial charge in [0.2, 0.25) is 5.91 Å². The van der Waals surface area contributed by atoms with Crippen LogP contribution in [0, 0.1) is 0 Å². The van der Waals surface area contributed by atoms with Crippen LogP contribution in [0.2, 0.25) is 0 Å². The molecule has 6 heteroatoms. The molecule has 148 valence electrons. The molecule has 1 amide bonds. The van der Waals surface area contributed by atoms with Gasteiger partial charge in [-0.1, -0.05) is 48.5 Å². The Morgan fingerprint density at radius 3 is 2.48 bits per heavy atom. The van der Waals surface area contributed by atoms with Gasteiger partial charge in [0.25, 0.3) is 0 Å². The number of ether oxygens (including phenoxy) is 2. The fourth-order valence-corrected chi connectivity index (χ4v) is 2.69. The number of nitrogens with zero attached hydrogens (tertiary/aromatic N) is 1. The minimum atomic E-state index is -0.262. The average Bonchev–Trinajstić information content (AvgIpc) is 2.75. The molecule has 3 aromatic rings. The molecule has 0 saturated heterocycles. The monoisotopic (exact) mass is 390 g/mol. The van der Waals surface area contributed by atoms with Gasteiger partial charge in [-0.2, -0.15) is 5.10 Å². The molecular formula is C23H22N2O4. The predicted molar refractivity (Wildman–Crippen MR) is 111 cm³/mol. The van der Waals surface area contributed by atoms with Crippen molar-refractivity contribution < 1.29 is 19.4 Å². The summed E-state index contributed by atoms with van der Waals surface area (Å²) in [6.45, 7) is 0.384. The Balaban J connectivity index is 1.65. The molecule has 2 N–H and O–H groups in total. The molecule has 3 aromatic carbocycles. The van der Waals surface area contributed by atoms with Gasteiger partial charge in [0.15, 0.2) is 11.5 Å². The molecule has 29 heavy (non-hydrogen) atoms. The summed E-state index contributed by atoms with van der Waals surface area (Å²) in [6.07, 6.45) is 1.69. The van der Waals surface area contributed by atoms with Gasteiger partial charge in [-0.05, 0) is 35.4 Å². The zero-order valence-electron chi connectivity index (χ0n) is 16.0. The number of para-hydroxylation sites is 1. The van der Waals surface area contributed by atoms with E-state index in [2.05, 4.69) is 10.5 Å². The molecule has 0 unspecified atom stereocenters. The van der Waals surface area contributed by atoms with Gasteiger partial charge in [0, 0.05) is 5.56 Å². The average molecular weight is 390 g/mol. The molecule has 0 aromatic heterocycles. The molecule has 0 heterocycles. The van der Waals surface area contributed by atoms with E-state index in [0.29, 0.717) is 23.7 Å². The van der Waals surface area contributed by atoms with Gasteiger partial charge in [0.1, 0.15) is 12.4 Å². The second kappa shape index (κ2) is 9.94. The van der Waals surface area contributed by atoms with E-state index in [4.69, 9.17) is 9.47 Å². The summed E-state index contributed by atoms with van der Waals surface area (Å²) in [7, 11) is 1.57. The molecule has 0 spiro atoms. The van der Waals surface area contributed by atoms with Gasteiger partial charge in [-0.15, -0.1) is 0 Å². The minimum Gasteiger partial charge on any atom is -0.508 e.